The Morgan fingerprint density at radius 2 is 1.58 bits per heavy atom. The number of nitrogens with zero attached hydrogens (tertiary/aromatic N) is 2. The normalized spacial score (nSPS) is 16.7. The lowest BCUT2D eigenvalue weighted by Gasteiger charge is -2.30. The minimum Gasteiger partial charge on any atom is -0.456 e. The lowest BCUT2D eigenvalue weighted by molar-refractivity contribution is 0.668. The molecule has 1 atom stereocenters. The molecule has 1 aromatic heterocycles. The highest BCUT2D eigenvalue weighted by Crippen LogP contribution is 2.46. The van der Waals surface area contributed by atoms with Crippen LogP contribution in [0, 0.1) is 6.92 Å². The molecule has 0 amide bonds. The van der Waals surface area contributed by atoms with Gasteiger partial charge in [0.2, 0.25) is 0 Å². The van der Waals surface area contributed by atoms with E-state index in [-0.39, 0.29) is 6.17 Å². The highest BCUT2D eigenvalue weighted by atomic mass is 16.3. The number of furan rings is 1. The first-order valence-corrected chi connectivity index (χ1v) is 9.26. The van der Waals surface area contributed by atoms with Gasteiger partial charge >= 0.3 is 0 Å². The SMILES string of the molecule is CCN1c2ccccc2N(c2ccc3oc4ccccc4c3c2C)[C@H]1C. The van der Waals surface area contributed by atoms with Gasteiger partial charge in [-0.2, -0.15) is 0 Å². The van der Waals surface area contributed by atoms with Crippen LogP contribution in [-0.4, -0.2) is 12.7 Å². The van der Waals surface area contributed by atoms with Gasteiger partial charge in [-0.3, -0.25) is 0 Å². The van der Waals surface area contributed by atoms with Gasteiger partial charge in [-0.05, 0) is 56.7 Å². The second-order valence-electron chi connectivity index (χ2n) is 6.96. The van der Waals surface area contributed by atoms with Crippen molar-refractivity contribution in [2.24, 2.45) is 0 Å². The fourth-order valence-electron chi connectivity index (χ4n) is 4.46. The van der Waals surface area contributed by atoms with E-state index in [1.807, 2.05) is 12.1 Å². The molecule has 0 spiro atoms. The van der Waals surface area contributed by atoms with Gasteiger partial charge in [-0.1, -0.05) is 30.3 Å². The number of aryl methyl sites for hydroxylation is 1. The summed E-state index contributed by atoms with van der Waals surface area (Å²) in [5.74, 6) is 0. The number of benzene rings is 3. The Hall–Kier alpha value is -2.94. The van der Waals surface area contributed by atoms with Crippen LogP contribution in [0.3, 0.4) is 0 Å². The first-order valence-electron chi connectivity index (χ1n) is 9.26. The van der Waals surface area contributed by atoms with E-state index in [0.29, 0.717) is 0 Å². The van der Waals surface area contributed by atoms with E-state index in [1.54, 1.807) is 0 Å². The van der Waals surface area contributed by atoms with E-state index in [1.165, 1.54) is 33.4 Å². The average molecular weight is 342 g/mol. The number of hydrogen-bond donors (Lipinski definition) is 0. The number of rotatable bonds is 2. The highest BCUT2D eigenvalue weighted by molar-refractivity contribution is 6.08. The standard InChI is InChI=1S/C23H22N2O/c1-4-24-16(3)25(20-11-7-6-10-19(20)24)18-13-14-22-23(15(18)2)17-9-5-8-12-21(17)26-22/h5-14,16H,4H2,1-3H3/t16-/m0/s1. The molecule has 4 aromatic rings. The summed E-state index contributed by atoms with van der Waals surface area (Å²) in [7, 11) is 0. The Morgan fingerprint density at radius 1 is 0.846 bits per heavy atom. The third-order valence-electron chi connectivity index (χ3n) is 5.65. The van der Waals surface area contributed by atoms with E-state index in [9.17, 15) is 0 Å². The van der Waals surface area contributed by atoms with Crippen LogP contribution in [0.2, 0.25) is 0 Å². The maximum absolute atomic E-state index is 6.06. The predicted molar refractivity (Wildman–Crippen MR) is 110 cm³/mol. The smallest absolute Gasteiger partial charge is 0.135 e. The lowest BCUT2D eigenvalue weighted by Crippen LogP contribution is -2.38. The maximum Gasteiger partial charge on any atom is 0.135 e. The predicted octanol–water partition coefficient (Wildman–Crippen LogP) is 6.22. The Bertz CT molecular complexity index is 1130. The van der Waals surface area contributed by atoms with E-state index in [4.69, 9.17) is 4.42 Å². The van der Waals surface area contributed by atoms with E-state index in [2.05, 4.69) is 79.1 Å². The molecule has 0 N–H and O–H groups in total. The Balaban J connectivity index is 1.77. The van der Waals surface area contributed by atoms with Gasteiger partial charge in [-0.15, -0.1) is 0 Å². The van der Waals surface area contributed by atoms with Gasteiger partial charge in [0.1, 0.15) is 17.3 Å². The number of fused-ring (bicyclic) bond motifs is 4. The molecule has 2 heterocycles. The fourth-order valence-corrected chi connectivity index (χ4v) is 4.46. The molecule has 1 aliphatic heterocycles. The monoisotopic (exact) mass is 342 g/mol. The quantitative estimate of drug-likeness (QED) is 0.431. The first-order chi connectivity index (χ1) is 12.7. The molecule has 5 rings (SSSR count). The van der Waals surface area contributed by atoms with Crippen molar-refractivity contribution in [2.45, 2.75) is 26.9 Å². The van der Waals surface area contributed by atoms with Crippen molar-refractivity contribution in [3.8, 4) is 0 Å². The molecule has 0 radical (unpaired) electrons. The minimum absolute atomic E-state index is 0.284. The van der Waals surface area contributed by atoms with Crippen molar-refractivity contribution in [1.82, 2.24) is 0 Å². The summed E-state index contributed by atoms with van der Waals surface area (Å²) in [6.45, 7) is 7.70. The zero-order chi connectivity index (χ0) is 17.8. The average Bonchev–Trinajstić information content (AvgIpc) is 3.17. The van der Waals surface area contributed by atoms with Crippen molar-refractivity contribution in [1.29, 1.82) is 0 Å². The molecular weight excluding hydrogens is 320 g/mol. The van der Waals surface area contributed by atoms with Crippen molar-refractivity contribution in [3.05, 3.63) is 66.2 Å². The first kappa shape index (κ1) is 15.3. The van der Waals surface area contributed by atoms with Crippen LogP contribution >= 0.6 is 0 Å². The molecular formula is C23H22N2O. The molecule has 26 heavy (non-hydrogen) atoms. The summed E-state index contributed by atoms with van der Waals surface area (Å²) in [5.41, 5.74) is 7.01. The second-order valence-corrected chi connectivity index (χ2v) is 6.96. The van der Waals surface area contributed by atoms with Crippen LogP contribution in [0.5, 0.6) is 0 Å². The van der Waals surface area contributed by atoms with Crippen LogP contribution in [0.25, 0.3) is 21.9 Å². The third kappa shape index (κ3) is 1.94. The topological polar surface area (TPSA) is 19.6 Å². The van der Waals surface area contributed by atoms with Crippen LogP contribution in [0.15, 0.2) is 65.1 Å². The molecule has 130 valence electrons. The lowest BCUT2D eigenvalue weighted by atomic mass is 10.0. The van der Waals surface area contributed by atoms with Gasteiger partial charge in [-0.25, -0.2) is 0 Å². The minimum atomic E-state index is 0.284. The molecule has 3 heteroatoms. The summed E-state index contributed by atoms with van der Waals surface area (Å²) in [4.78, 5) is 4.90. The second kappa shape index (κ2) is 5.53. The molecule has 0 saturated carbocycles. The summed E-state index contributed by atoms with van der Waals surface area (Å²) in [6, 6.07) is 21.3. The molecule has 0 aliphatic carbocycles. The zero-order valence-corrected chi connectivity index (χ0v) is 15.4. The number of hydrogen-bond acceptors (Lipinski definition) is 3. The van der Waals surface area contributed by atoms with Gasteiger partial charge in [0.15, 0.2) is 0 Å². The van der Waals surface area contributed by atoms with Crippen LogP contribution in [0.1, 0.15) is 19.4 Å². The maximum atomic E-state index is 6.06. The zero-order valence-electron chi connectivity index (χ0n) is 15.4. The molecule has 0 fully saturated rings. The van der Waals surface area contributed by atoms with Crippen molar-refractivity contribution in [3.63, 3.8) is 0 Å². The summed E-state index contributed by atoms with van der Waals surface area (Å²) >= 11 is 0. The third-order valence-corrected chi connectivity index (χ3v) is 5.65. The van der Waals surface area contributed by atoms with Gasteiger partial charge < -0.3 is 14.2 Å². The molecule has 0 saturated heterocycles. The van der Waals surface area contributed by atoms with E-state index < -0.39 is 0 Å². The number of para-hydroxylation sites is 3. The van der Waals surface area contributed by atoms with E-state index in [0.717, 1.165) is 17.7 Å². The van der Waals surface area contributed by atoms with E-state index >= 15 is 0 Å². The van der Waals surface area contributed by atoms with Crippen molar-refractivity contribution >= 4 is 39.0 Å². The largest absolute Gasteiger partial charge is 0.456 e. The Morgan fingerprint density at radius 3 is 2.38 bits per heavy atom. The van der Waals surface area contributed by atoms with Crippen LogP contribution in [0.4, 0.5) is 17.1 Å². The van der Waals surface area contributed by atoms with Gasteiger partial charge in [0.05, 0.1) is 11.4 Å². The van der Waals surface area contributed by atoms with Crippen LogP contribution in [-0.2, 0) is 0 Å². The molecule has 1 aliphatic rings. The Kier molecular flexibility index (Phi) is 3.26. The molecule has 3 nitrogen and oxygen atoms in total. The highest BCUT2D eigenvalue weighted by Gasteiger charge is 2.33. The molecule has 0 unspecified atom stereocenters. The van der Waals surface area contributed by atoms with Crippen molar-refractivity contribution in [2.75, 3.05) is 16.3 Å². The summed E-state index contributed by atoms with van der Waals surface area (Å²) in [5, 5.41) is 2.41. The summed E-state index contributed by atoms with van der Waals surface area (Å²) < 4.78 is 6.06. The summed E-state index contributed by atoms with van der Waals surface area (Å²) in [6.07, 6.45) is 0.284. The van der Waals surface area contributed by atoms with Crippen LogP contribution < -0.4 is 9.80 Å². The molecule has 3 aromatic carbocycles. The van der Waals surface area contributed by atoms with Crippen molar-refractivity contribution < 1.29 is 4.42 Å². The van der Waals surface area contributed by atoms with Gasteiger partial charge in [0.25, 0.3) is 0 Å². The molecule has 0 bridgehead atoms. The van der Waals surface area contributed by atoms with Gasteiger partial charge in [0, 0.05) is 23.0 Å². The fraction of sp³-hybridized carbons (Fsp3) is 0.217. The Labute approximate surface area is 153 Å². The number of anilines is 3.